The highest BCUT2D eigenvalue weighted by Gasteiger charge is 2.09. The molecule has 2 N–H and O–H groups in total. The molecule has 0 aliphatic rings. The fourth-order valence-corrected chi connectivity index (χ4v) is 2.25. The van der Waals surface area contributed by atoms with E-state index in [0.717, 1.165) is 0 Å². The molecule has 142 valence electrons. The number of carbonyl (C=O) groups is 2. The summed E-state index contributed by atoms with van der Waals surface area (Å²) in [5, 5.41) is 6.39. The zero-order valence-electron chi connectivity index (χ0n) is 15.3. The van der Waals surface area contributed by atoms with Gasteiger partial charge in [-0.3, -0.25) is 9.59 Å². The second-order valence-corrected chi connectivity index (χ2v) is 5.29. The lowest BCUT2D eigenvalue weighted by molar-refractivity contribution is -0.120. The molecule has 8 nitrogen and oxygen atoms in total. The normalized spacial score (nSPS) is 10.3. The van der Waals surface area contributed by atoms with Gasteiger partial charge < -0.3 is 19.5 Å². The molecule has 0 saturated carbocycles. The number of hydrazone groups is 1. The molecule has 0 atom stereocenters. The number of hydrogen-bond donors (Lipinski definition) is 2. The molecule has 2 aromatic rings. The van der Waals surface area contributed by atoms with Crippen molar-refractivity contribution < 1.29 is 23.8 Å². The average molecular weight is 371 g/mol. The van der Waals surface area contributed by atoms with Gasteiger partial charge in [-0.15, -0.1) is 0 Å². The number of nitrogens with zero attached hydrogens (tertiary/aromatic N) is 1. The van der Waals surface area contributed by atoms with Crippen molar-refractivity contribution in [1.29, 1.82) is 0 Å². The van der Waals surface area contributed by atoms with E-state index in [0.29, 0.717) is 28.4 Å². The highest BCUT2D eigenvalue weighted by molar-refractivity contribution is 5.97. The Morgan fingerprint density at radius 1 is 1.04 bits per heavy atom. The topological polar surface area (TPSA) is 98.2 Å². The van der Waals surface area contributed by atoms with E-state index < -0.39 is 5.91 Å². The van der Waals surface area contributed by atoms with Crippen LogP contribution in [0.3, 0.4) is 0 Å². The summed E-state index contributed by atoms with van der Waals surface area (Å²) in [7, 11) is 4.56. The van der Waals surface area contributed by atoms with Crippen LogP contribution in [0, 0.1) is 0 Å². The number of nitrogens with one attached hydrogen (secondary N) is 2. The number of methoxy groups -OCH3 is 3. The van der Waals surface area contributed by atoms with Crippen molar-refractivity contribution in [2.45, 2.75) is 0 Å². The highest BCUT2D eigenvalue weighted by atomic mass is 16.5. The maximum absolute atomic E-state index is 12.1. The third-order valence-corrected chi connectivity index (χ3v) is 3.57. The van der Waals surface area contributed by atoms with Crippen LogP contribution in [0.25, 0.3) is 0 Å². The predicted molar refractivity (Wildman–Crippen MR) is 101 cm³/mol. The standard InChI is InChI=1S/C19H21N3O5/c1-25-15-8-4-6-13(10-15)19(24)20-12-17(23)22-21-11-14-7-5-9-16(26-2)18(14)27-3/h4-11H,12H2,1-3H3,(H,20,24)(H,22,23)/b21-11+. The Kier molecular flexibility index (Phi) is 7.18. The average Bonchev–Trinajstić information content (AvgIpc) is 2.71. The second kappa shape index (κ2) is 9.81. The van der Waals surface area contributed by atoms with Crippen molar-refractivity contribution in [3.05, 3.63) is 53.6 Å². The SMILES string of the molecule is COc1cccc(C(=O)NCC(=O)N/N=C/c2cccc(OC)c2OC)c1. The van der Waals surface area contributed by atoms with Gasteiger partial charge in [-0.1, -0.05) is 12.1 Å². The zero-order valence-corrected chi connectivity index (χ0v) is 15.3. The molecular formula is C19H21N3O5. The molecular weight excluding hydrogens is 350 g/mol. The van der Waals surface area contributed by atoms with E-state index in [9.17, 15) is 9.59 Å². The third-order valence-electron chi connectivity index (χ3n) is 3.57. The molecule has 2 rings (SSSR count). The summed E-state index contributed by atoms with van der Waals surface area (Å²) in [4.78, 5) is 23.9. The van der Waals surface area contributed by atoms with E-state index in [-0.39, 0.29) is 12.5 Å². The van der Waals surface area contributed by atoms with Gasteiger partial charge in [0.25, 0.3) is 11.8 Å². The van der Waals surface area contributed by atoms with Crippen molar-refractivity contribution in [2.75, 3.05) is 27.9 Å². The van der Waals surface area contributed by atoms with Crippen LogP contribution in [0.4, 0.5) is 0 Å². The Morgan fingerprint density at radius 3 is 2.52 bits per heavy atom. The number of amides is 2. The molecule has 2 aromatic carbocycles. The van der Waals surface area contributed by atoms with Crippen LogP contribution in [0.5, 0.6) is 17.2 Å². The summed E-state index contributed by atoms with van der Waals surface area (Å²) in [6.45, 7) is -0.220. The number of carbonyl (C=O) groups excluding carboxylic acids is 2. The van der Waals surface area contributed by atoms with Crippen LogP contribution >= 0.6 is 0 Å². The van der Waals surface area contributed by atoms with E-state index in [1.54, 1.807) is 42.5 Å². The smallest absolute Gasteiger partial charge is 0.259 e. The van der Waals surface area contributed by atoms with E-state index in [4.69, 9.17) is 14.2 Å². The highest BCUT2D eigenvalue weighted by Crippen LogP contribution is 2.29. The van der Waals surface area contributed by atoms with Crippen LogP contribution < -0.4 is 25.0 Å². The largest absolute Gasteiger partial charge is 0.497 e. The Hall–Kier alpha value is -3.55. The number of hydrogen-bond acceptors (Lipinski definition) is 6. The quantitative estimate of drug-likeness (QED) is 0.542. The first kappa shape index (κ1) is 19.8. The molecule has 0 spiro atoms. The monoisotopic (exact) mass is 371 g/mol. The molecule has 27 heavy (non-hydrogen) atoms. The Balaban J connectivity index is 1.89. The van der Waals surface area contributed by atoms with Gasteiger partial charge >= 0.3 is 0 Å². The third kappa shape index (κ3) is 5.46. The van der Waals surface area contributed by atoms with E-state index >= 15 is 0 Å². The maximum Gasteiger partial charge on any atom is 0.259 e. The summed E-state index contributed by atoms with van der Waals surface area (Å²) < 4.78 is 15.5. The molecule has 2 amide bonds. The van der Waals surface area contributed by atoms with Gasteiger partial charge in [0, 0.05) is 11.1 Å². The van der Waals surface area contributed by atoms with Gasteiger partial charge in [0.1, 0.15) is 5.75 Å². The fraction of sp³-hybridized carbons (Fsp3) is 0.211. The van der Waals surface area contributed by atoms with Crippen LogP contribution in [-0.4, -0.2) is 45.9 Å². The first-order valence-electron chi connectivity index (χ1n) is 8.04. The number of ether oxygens (including phenoxy) is 3. The number of rotatable bonds is 8. The summed E-state index contributed by atoms with van der Waals surface area (Å²) in [5.74, 6) is 0.762. The molecule has 0 unspecified atom stereocenters. The minimum Gasteiger partial charge on any atom is -0.497 e. The van der Waals surface area contributed by atoms with Crippen molar-refractivity contribution in [1.82, 2.24) is 10.7 Å². The van der Waals surface area contributed by atoms with E-state index in [1.807, 2.05) is 0 Å². The molecule has 0 aliphatic carbocycles. The van der Waals surface area contributed by atoms with Crippen LogP contribution in [-0.2, 0) is 4.79 Å². The molecule has 0 heterocycles. The molecule has 0 aliphatic heterocycles. The van der Waals surface area contributed by atoms with Crippen LogP contribution in [0.2, 0.25) is 0 Å². The van der Waals surface area contributed by atoms with Crippen molar-refractivity contribution in [3.8, 4) is 17.2 Å². The van der Waals surface area contributed by atoms with Gasteiger partial charge in [0.05, 0.1) is 34.1 Å². The van der Waals surface area contributed by atoms with Crippen molar-refractivity contribution in [2.24, 2.45) is 5.10 Å². The lowest BCUT2D eigenvalue weighted by atomic mass is 10.2. The minimum absolute atomic E-state index is 0.220. The number of para-hydroxylation sites is 1. The first-order chi connectivity index (χ1) is 13.1. The Bertz CT molecular complexity index is 836. The van der Waals surface area contributed by atoms with Crippen molar-refractivity contribution >= 4 is 18.0 Å². The van der Waals surface area contributed by atoms with Gasteiger partial charge in [0.15, 0.2) is 11.5 Å². The molecule has 0 saturated heterocycles. The Labute approximate surface area is 157 Å². The van der Waals surface area contributed by atoms with Crippen LogP contribution in [0.15, 0.2) is 47.6 Å². The molecule has 0 fully saturated rings. The molecule has 0 bridgehead atoms. The zero-order chi connectivity index (χ0) is 19.6. The minimum atomic E-state index is -0.468. The van der Waals surface area contributed by atoms with Gasteiger partial charge in [-0.05, 0) is 30.3 Å². The summed E-state index contributed by atoms with van der Waals surface area (Å²) in [5.41, 5.74) is 3.38. The lowest BCUT2D eigenvalue weighted by Crippen LogP contribution is -2.34. The fourth-order valence-electron chi connectivity index (χ4n) is 2.25. The van der Waals surface area contributed by atoms with Gasteiger partial charge in [0.2, 0.25) is 0 Å². The first-order valence-corrected chi connectivity index (χ1v) is 8.04. The molecule has 8 heteroatoms. The maximum atomic E-state index is 12.1. The lowest BCUT2D eigenvalue weighted by Gasteiger charge is -2.09. The van der Waals surface area contributed by atoms with Gasteiger partial charge in [-0.2, -0.15) is 5.10 Å². The molecule has 0 radical (unpaired) electrons. The Morgan fingerprint density at radius 2 is 1.81 bits per heavy atom. The number of benzene rings is 2. The predicted octanol–water partition coefficient (Wildman–Crippen LogP) is 1.59. The summed E-state index contributed by atoms with van der Waals surface area (Å²) in [6.07, 6.45) is 1.43. The van der Waals surface area contributed by atoms with E-state index in [1.165, 1.54) is 27.5 Å². The van der Waals surface area contributed by atoms with Gasteiger partial charge in [-0.25, -0.2) is 5.43 Å². The van der Waals surface area contributed by atoms with Crippen LogP contribution in [0.1, 0.15) is 15.9 Å². The van der Waals surface area contributed by atoms with E-state index in [2.05, 4.69) is 15.8 Å². The summed E-state index contributed by atoms with van der Waals surface area (Å²) in [6, 6.07) is 11.9. The van der Waals surface area contributed by atoms with Crippen molar-refractivity contribution in [3.63, 3.8) is 0 Å². The molecule has 0 aromatic heterocycles. The second-order valence-electron chi connectivity index (χ2n) is 5.29. The summed E-state index contributed by atoms with van der Waals surface area (Å²) >= 11 is 0.